The molecule has 1 saturated heterocycles. The molecular formula is C18H22N4O2S. The number of rotatable bonds is 6. The molecule has 1 fully saturated rings. The molecule has 1 unspecified atom stereocenters. The standard InChI is InChI=1S/C18H22N4O2S/c23-17(4-2-7-21-18(24)15-5-10-25-13-15)22-9-8-20-12-16(22)14-3-1-6-19-11-14/h1,3,5-6,10-11,13,16,20H,2,4,7-9,12H2,(H,21,24). The minimum atomic E-state index is -0.0795. The molecule has 2 aromatic heterocycles. The van der Waals surface area contributed by atoms with E-state index in [-0.39, 0.29) is 17.9 Å². The van der Waals surface area contributed by atoms with Gasteiger partial charge >= 0.3 is 0 Å². The number of carbonyl (C=O) groups is 2. The van der Waals surface area contributed by atoms with E-state index in [2.05, 4.69) is 15.6 Å². The number of thiophene rings is 1. The number of carbonyl (C=O) groups excluding carboxylic acids is 2. The molecule has 0 bridgehead atoms. The van der Waals surface area contributed by atoms with Gasteiger partial charge in [0.15, 0.2) is 0 Å². The summed E-state index contributed by atoms with van der Waals surface area (Å²) in [5.41, 5.74) is 1.73. The fourth-order valence-electron chi connectivity index (χ4n) is 2.95. The lowest BCUT2D eigenvalue weighted by molar-refractivity contribution is -0.134. The molecular weight excluding hydrogens is 336 g/mol. The summed E-state index contributed by atoms with van der Waals surface area (Å²) in [6.07, 6.45) is 4.63. The van der Waals surface area contributed by atoms with E-state index in [4.69, 9.17) is 0 Å². The highest BCUT2D eigenvalue weighted by molar-refractivity contribution is 7.08. The van der Waals surface area contributed by atoms with Gasteiger partial charge in [-0.25, -0.2) is 0 Å². The zero-order chi connectivity index (χ0) is 17.5. The molecule has 1 aliphatic heterocycles. The Bertz CT molecular complexity index is 690. The first kappa shape index (κ1) is 17.6. The van der Waals surface area contributed by atoms with Crippen LogP contribution >= 0.6 is 11.3 Å². The minimum absolute atomic E-state index is 0.0235. The summed E-state index contributed by atoms with van der Waals surface area (Å²) >= 11 is 1.50. The average molecular weight is 358 g/mol. The molecule has 0 saturated carbocycles. The van der Waals surface area contributed by atoms with Crippen LogP contribution in [0.3, 0.4) is 0 Å². The number of amides is 2. The number of pyridine rings is 1. The Kier molecular flexibility index (Phi) is 6.14. The zero-order valence-corrected chi connectivity index (χ0v) is 14.8. The van der Waals surface area contributed by atoms with Crippen molar-refractivity contribution in [1.82, 2.24) is 20.5 Å². The monoisotopic (exact) mass is 358 g/mol. The molecule has 25 heavy (non-hydrogen) atoms. The first-order valence-corrected chi connectivity index (χ1v) is 9.40. The Morgan fingerprint density at radius 2 is 2.32 bits per heavy atom. The summed E-state index contributed by atoms with van der Waals surface area (Å²) < 4.78 is 0. The van der Waals surface area contributed by atoms with Crippen molar-refractivity contribution in [3.63, 3.8) is 0 Å². The van der Waals surface area contributed by atoms with E-state index in [9.17, 15) is 9.59 Å². The van der Waals surface area contributed by atoms with Gasteiger partial charge in [-0.15, -0.1) is 0 Å². The van der Waals surface area contributed by atoms with E-state index in [1.165, 1.54) is 11.3 Å². The number of hydrogen-bond donors (Lipinski definition) is 2. The highest BCUT2D eigenvalue weighted by atomic mass is 32.1. The van der Waals surface area contributed by atoms with Crippen molar-refractivity contribution in [2.45, 2.75) is 18.9 Å². The molecule has 2 amide bonds. The number of hydrogen-bond acceptors (Lipinski definition) is 5. The van der Waals surface area contributed by atoms with Gasteiger partial charge in [0.05, 0.1) is 6.04 Å². The van der Waals surface area contributed by atoms with Crippen molar-refractivity contribution in [2.24, 2.45) is 0 Å². The first-order valence-electron chi connectivity index (χ1n) is 8.46. The third-order valence-corrected chi connectivity index (χ3v) is 4.95. The average Bonchev–Trinajstić information content (AvgIpc) is 3.20. The summed E-state index contributed by atoms with van der Waals surface area (Å²) in [5.74, 6) is 0.0456. The van der Waals surface area contributed by atoms with Crippen molar-refractivity contribution in [3.8, 4) is 0 Å². The SMILES string of the molecule is O=C(NCCCC(=O)N1CCNCC1c1cccnc1)c1ccsc1. The van der Waals surface area contributed by atoms with Crippen molar-refractivity contribution in [2.75, 3.05) is 26.2 Å². The van der Waals surface area contributed by atoms with Crippen LogP contribution in [0.25, 0.3) is 0 Å². The maximum atomic E-state index is 12.6. The molecule has 132 valence electrons. The van der Waals surface area contributed by atoms with Crippen LogP contribution < -0.4 is 10.6 Å². The molecule has 3 heterocycles. The molecule has 2 aromatic rings. The second kappa shape index (κ2) is 8.73. The van der Waals surface area contributed by atoms with Crippen LogP contribution in [-0.2, 0) is 4.79 Å². The van der Waals surface area contributed by atoms with Gasteiger partial charge < -0.3 is 15.5 Å². The van der Waals surface area contributed by atoms with Crippen LogP contribution in [0.2, 0.25) is 0 Å². The van der Waals surface area contributed by atoms with E-state index < -0.39 is 0 Å². The number of aromatic nitrogens is 1. The third kappa shape index (κ3) is 4.64. The van der Waals surface area contributed by atoms with Crippen LogP contribution in [0, 0.1) is 0 Å². The lowest BCUT2D eigenvalue weighted by atomic mass is 10.0. The summed E-state index contributed by atoms with van der Waals surface area (Å²) in [6, 6.07) is 5.72. The van der Waals surface area contributed by atoms with Gasteiger partial charge in [0.2, 0.25) is 5.91 Å². The maximum Gasteiger partial charge on any atom is 0.252 e. The molecule has 0 aliphatic carbocycles. The molecule has 6 nitrogen and oxygen atoms in total. The Morgan fingerprint density at radius 1 is 1.40 bits per heavy atom. The van der Waals surface area contributed by atoms with E-state index in [1.54, 1.807) is 12.3 Å². The number of nitrogens with one attached hydrogen (secondary N) is 2. The molecule has 2 N–H and O–H groups in total. The Balaban J connectivity index is 1.48. The molecule has 1 aliphatic rings. The lowest BCUT2D eigenvalue weighted by Gasteiger charge is -2.36. The highest BCUT2D eigenvalue weighted by Crippen LogP contribution is 2.22. The molecule has 0 radical (unpaired) electrons. The Morgan fingerprint density at radius 3 is 3.08 bits per heavy atom. The van der Waals surface area contributed by atoms with Gasteiger partial charge in [-0.3, -0.25) is 14.6 Å². The molecule has 0 aromatic carbocycles. The molecule has 7 heteroatoms. The minimum Gasteiger partial charge on any atom is -0.352 e. The summed E-state index contributed by atoms with van der Waals surface area (Å²) in [4.78, 5) is 30.6. The van der Waals surface area contributed by atoms with Crippen molar-refractivity contribution < 1.29 is 9.59 Å². The van der Waals surface area contributed by atoms with Crippen LogP contribution in [0.4, 0.5) is 0 Å². The smallest absolute Gasteiger partial charge is 0.252 e. The summed E-state index contributed by atoms with van der Waals surface area (Å²) in [5, 5.41) is 9.89. The predicted octanol–water partition coefficient (Wildman–Crippen LogP) is 1.83. The van der Waals surface area contributed by atoms with Crippen molar-refractivity contribution in [3.05, 3.63) is 52.5 Å². The zero-order valence-electron chi connectivity index (χ0n) is 14.0. The molecule has 1 atom stereocenters. The van der Waals surface area contributed by atoms with E-state index in [0.717, 1.165) is 18.7 Å². The predicted molar refractivity (Wildman–Crippen MR) is 97.4 cm³/mol. The quantitative estimate of drug-likeness (QED) is 0.773. The van der Waals surface area contributed by atoms with Gasteiger partial charge in [-0.2, -0.15) is 11.3 Å². The van der Waals surface area contributed by atoms with Crippen LogP contribution in [0.15, 0.2) is 41.4 Å². The van der Waals surface area contributed by atoms with Crippen molar-refractivity contribution >= 4 is 23.2 Å². The topological polar surface area (TPSA) is 74.3 Å². The lowest BCUT2D eigenvalue weighted by Crippen LogP contribution is -2.48. The van der Waals surface area contributed by atoms with Crippen LogP contribution in [-0.4, -0.2) is 47.9 Å². The van der Waals surface area contributed by atoms with Gasteiger partial charge in [0.1, 0.15) is 0 Å². The third-order valence-electron chi connectivity index (χ3n) is 4.27. The fraction of sp³-hybridized carbons (Fsp3) is 0.389. The van der Waals surface area contributed by atoms with E-state index >= 15 is 0 Å². The first-order chi connectivity index (χ1) is 12.3. The van der Waals surface area contributed by atoms with Gasteiger partial charge in [0.25, 0.3) is 5.91 Å². The summed E-state index contributed by atoms with van der Waals surface area (Å²) in [7, 11) is 0. The van der Waals surface area contributed by atoms with E-state index in [0.29, 0.717) is 31.5 Å². The Hall–Kier alpha value is -2.25. The number of nitrogens with zero attached hydrogens (tertiary/aromatic N) is 2. The van der Waals surface area contributed by atoms with Crippen LogP contribution in [0.5, 0.6) is 0 Å². The maximum absolute atomic E-state index is 12.6. The number of piperazine rings is 1. The second-order valence-corrected chi connectivity index (χ2v) is 6.74. The van der Waals surface area contributed by atoms with Gasteiger partial charge in [0, 0.05) is 55.9 Å². The summed E-state index contributed by atoms with van der Waals surface area (Å²) in [6.45, 7) is 2.74. The van der Waals surface area contributed by atoms with Gasteiger partial charge in [-0.1, -0.05) is 6.07 Å². The van der Waals surface area contributed by atoms with Crippen LogP contribution in [0.1, 0.15) is 34.8 Å². The second-order valence-electron chi connectivity index (χ2n) is 5.96. The van der Waals surface area contributed by atoms with Crippen molar-refractivity contribution in [1.29, 1.82) is 0 Å². The largest absolute Gasteiger partial charge is 0.352 e. The fourth-order valence-corrected chi connectivity index (χ4v) is 3.59. The molecule has 0 spiro atoms. The molecule has 3 rings (SSSR count). The highest BCUT2D eigenvalue weighted by Gasteiger charge is 2.27. The normalized spacial score (nSPS) is 17.3. The Labute approximate surface area is 151 Å². The van der Waals surface area contributed by atoms with E-state index in [1.807, 2.05) is 34.0 Å². The van der Waals surface area contributed by atoms with Gasteiger partial charge in [-0.05, 0) is 29.5 Å².